The number of rotatable bonds is 5. The summed E-state index contributed by atoms with van der Waals surface area (Å²) >= 11 is 1.67. The first-order valence-electron chi connectivity index (χ1n) is 7.71. The number of likely N-dealkylation sites (N-methyl/N-ethyl adjacent to an activating group) is 2. The number of benzene rings is 1. The molecule has 1 atom stereocenters. The molecule has 122 valence electrons. The number of nitrogens with one attached hydrogen (secondary N) is 3. The van der Waals surface area contributed by atoms with Crippen molar-refractivity contribution < 1.29 is 0 Å². The first kappa shape index (κ1) is 16.2. The smallest absolute Gasteiger partial charge is 0.116 e. The molecule has 0 spiro atoms. The zero-order valence-corrected chi connectivity index (χ0v) is 14.8. The van der Waals surface area contributed by atoms with Crippen LogP contribution < -0.4 is 16.0 Å². The van der Waals surface area contributed by atoms with E-state index >= 15 is 0 Å². The van der Waals surface area contributed by atoms with E-state index in [1.54, 1.807) is 18.1 Å². The van der Waals surface area contributed by atoms with Crippen molar-refractivity contribution in [2.45, 2.75) is 23.0 Å². The van der Waals surface area contributed by atoms with Crippen LogP contribution in [-0.2, 0) is 6.42 Å². The van der Waals surface area contributed by atoms with Crippen LogP contribution in [-0.4, -0.2) is 43.0 Å². The Balaban J connectivity index is 2.21. The molecule has 0 saturated carbocycles. The predicted octanol–water partition coefficient (Wildman–Crippen LogP) is 2.06. The molecule has 23 heavy (non-hydrogen) atoms. The molecule has 1 aliphatic rings. The summed E-state index contributed by atoms with van der Waals surface area (Å²) in [4.78, 5) is 8.76. The topological polar surface area (TPSA) is 61.9 Å². The molecule has 3 rings (SSSR count). The van der Waals surface area contributed by atoms with Crippen molar-refractivity contribution in [1.82, 2.24) is 20.6 Å². The van der Waals surface area contributed by atoms with E-state index in [0.717, 1.165) is 22.7 Å². The molecule has 0 saturated heterocycles. The van der Waals surface area contributed by atoms with Crippen molar-refractivity contribution >= 4 is 17.4 Å². The number of hydrogen-bond acceptors (Lipinski definition) is 6. The fraction of sp³-hybridized carbons (Fsp3) is 0.412. The molecule has 2 aromatic rings. The number of fused-ring (bicyclic) bond motifs is 1. The lowest BCUT2D eigenvalue weighted by Gasteiger charge is -2.36. The molecule has 6 heteroatoms. The average molecular weight is 329 g/mol. The van der Waals surface area contributed by atoms with E-state index in [4.69, 9.17) is 0 Å². The second-order valence-electron chi connectivity index (χ2n) is 5.73. The monoisotopic (exact) mass is 329 g/mol. The number of nitrogens with zero attached hydrogens (tertiary/aromatic N) is 2. The highest BCUT2D eigenvalue weighted by molar-refractivity contribution is 7.98. The van der Waals surface area contributed by atoms with E-state index in [9.17, 15) is 0 Å². The summed E-state index contributed by atoms with van der Waals surface area (Å²) < 4.78 is 0. The molecular formula is C17H23N5S. The minimum absolute atomic E-state index is 0.157. The molecule has 0 radical (unpaired) electrons. The Labute approximate surface area is 141 Å². The largest absolute Gasteiger partial charge is 0.388 e. The Hall–Kier alpha value is -1.63. The molecule has 3 N–H and O–H groups in total. The van der Waals surface area contributed by atoms with Gasteiger partial charge in [-0.1, -0.05) is 6.07 Å². The highest BCUT2D eigenvalue weighted by atomic mass is 32.2. The van der Waals surface area contributed by atoms with Crippen LogP contribution in [0.3, 0.4) is 0 Å². The van der Waals surface area contributed by atoms with Gasteiger partial charge in [0, 0.05) is 36.8 Å². The fourth-order valence-electron chi connectivity index (χ4n) is 3.57. The van der Waals surface area contributed by atoms with Gasteiger partial charge in [-0.25, -0.2) is 9.97 Å². The maximum atomic E-state index is 4.47. The van der Waals surface area contributed by atoms with Crippen LogP contribution in [0.5, 0.6) is 0 Å². The second kappa shape index (κ2) is 6.47. The van der Waals surface area contributed by atoms with E-state index in [0.29, 0.717) is 0 Å². The van der Waals surface area contributed by atoms with Gasteiger partial charge >= 0.3 is 0 Å². The minimum atomic E-state index is -0.232. The summed E-state index contributed by atoms with van der Waals surface area (Å²) in [5.74, 6) is 0.157. The van der Waals surface area contributed by atoms with Crippen LogP contribution in [0.25, 0.3) is 0 Å². The summed E-state index contributed by atoms with van der Waals surface area (Å²) in [6, 6.07) is 6.59. The third kappa shape index (κ3) is 2.60. The molecular weight excluding hydrogens is 306 g/mol. The molecule has 1 aliphatic carbocycles. The Bertz CT molecular complexity index is 699. The maximum Gasteiger partial charge on any atom is 0.116 e. The van der Waals surface area contributed by atoms with Crippen LogP contribution in [0.15, 0.2) is 35.7 Å². The normalized spacial score (nSPS) is 18.7. The minimum Gasteiger partial charge on any atom is -0.388 e. The van der Waals surface area contributed by atoms with Gasteiger partial charge in [0.15, 0.2) is 0 Å². The SMILES string of the molecule is CNc1ccc2c(c1)C(c1cncnc1SC)C(NC)(NC)C2. The molecule has 0 amide bonds. The number of hydrogen-bond donors (Lipinski definition) is 3. The van der Waals surface area contributed by atoms with Crippen molar-refractivity contribution in [3.05, 3.63) is 47.4 Å². The Morgan fingerprint density at radius 1 is 1.17 bits per heavy atom. The van der Waals surface area contributed by atoms with Crippen molar-refractivity contribution in [2.75, 3.05) is 32.7 Å². The van der Waals surface area contributed by atoms with Gasteiger partial charge in [-0.3, -0.25) is 0 Å². The van der Waals surface area contributed by atoms with Gasteiger partial charge in [0.1, 0.15) is 11.4 Å². The third-order valence-electron chi connectivity index (χ3n) is 4.81. The van der Waals surface area contributed by atoms with Gasteiger partial charge in [0.25, 0.3) is 0 Å². The summed E-state index contributed by atoms with van der Waals surface area (Å²) in [7, 11) is 5.97. The summed E-state index contributed by atoms with van der Waals surface area (Å²) in [5.41, 5.74) is 4.73. The van der Waals surface area contributed by atoms with Gasteiger partial charge in [-0.15, -0.1) is 11.8 Å². The van der Waals surface area contributed by atoms with E-state index < -0.39 is 0 Å². The van der Waals surface area contributed by atoms with Crippen molar-refractivity contribution in [3.8, 4) is 0 Å². The molecule has 0 fully saturated rings. The van der Waals surface area contributed by atoms with Gasteiger partial charge in [-0.05, 0) is 43.6 Å². The van der Waals surface area contributed by atoms with Crippen LogP contribution in [0.4, 0.5) is 5.69 Å². The first-order valence-corrected chi connectivity index (χ1v) is 8.94. The van der Waals surface area contributed by atoms with Gasteiger partial charge in [0.2, 0.25) is 0 Å². The predicted molar refractivity (Wildman–Crippen MR) is 96.2 cm³/mol. The lowest BCUT2D eigenvalue weighted by atomic mass is 9.87. The molecule has 1 unspecified atom stereocenters. The summed E-state index contributed by atoms with van der Waals surface area (Å²) in [5, 5.41) is 11.3. The van der Waals surface area contributed by atoms with Crippen LogP contribution in [0.2, 0.25) is 0 Å². The van der Waals surface area contributed by atoms with Crippen LogP contribution >= 0.6 is 11.8 Å². The number of aromatic nitrogens is 2. The van der Waals surface area contributed by atoms with Gasteiger partial charge in [-0.2, -0.15) is 0 Å². The summed E-state index contributed by atoms with van der Waals surface area (Å²) in [6.45, 7) is 0. The number of thioether (sulfide) groups is 1. The fourth-order valence-corrected chi connectivity index (χ4v) is 4.13. The van der Waals surface area contributed by atoms with Crippen LogP contribution in [0.1, 0.15) is 22.6 Å². The van der Waals surface area contributed by atoms with Crippen molar-refractivity contribution in [3.63, 3.8) is 0 Å². The first-order chi connectivity index (χ1) is 11.2. The molecule has 1 heterocycles. The highest BCUT2D eigenvalue weighted by Gasteiger charge is 2.46. The van der Waals surface area contributed by atoms with Gasteiger partial charge in [0.05, 0.1) is 5.66 Å². The second-order valence-corrected chi connectivity index (χ2v) is 6.53. The Kier molecular flexibility index (Phi) is 4.57. The molecule has 0 bridgehead atoms. The lowest BCUT2D eigenvalue weighted by Crippen LogP contribution is -2.57. The van der Waals surface area contributed by atoms with Crippen molar-refractivity contribution in [1.29, 1.82) is 0 Å². The summed E-state index contributed by atoms with van der Waals surface area (Å²) in [6.07, 6.45) is 6.56. The van der Waals surface area contributed by atoms with E-state index in [2.05, 4.69) is 50.4 Å². The molecule has 1 aromatic heterocycles. The van der Waals surface area contributed by atoms with E-state index in [1.165, 1.54) is 11.1 Å². The van der Waals surface area contributed by atoms with Crippen molar-refractivity contribution in [2.24, 2.45) is 0 Å². The molecule has 5 nitrogen and oxygen atoms in total. The Morgan fingerprint density at radius 2 is 1.96 bits per heavy atom. The highest BCUT2D eigenvalue weighted by Crippen LogP contribution is 2.46. The van der Waals surface area contributed by atoms with Crippen LogP contribution in [0, 0.1) is 0 Å². The number of anilines is 1. The zero-order chi connectivity index (χ0) is 16.4. The Morgan fingerprint density at radius 3 is 2.61 bits per heavy atom. The zero-order valence-electron chi connectivity index (χ0n) is 14.0. The maximum absolute atomic E-state index is 4.47. The third-order valence-corrected chi connectivity index (χ3v) is 5.53. The van der Waals surface area contributed by atoms with Gasteiger partial charge < -0.3 is 16.0 Å². The molecule has 0 aliphatic heterocycles. The lowest BCUT2D eigenvalue weighted by molar-refractivity contribution is 0.277. The molecule has 1 aromatic carbocycles. The quantitative estimate of drug-likeness (QED) is 0.443. The van der Waals surface area contributed by atoms with E-state index in [1.807, 2.05) is 27.3 Å². The standard InChI is InChI=1S/C17H23N5S/c1-18-12-6-5-11-8-17(19-2,20-3)15(13(11)7-12)14-9-21-10-22-16(14)23-4/h5-7,9-10,15,18-20H,8H2,1-4H3. The average Bonchev–Trinajstić information content (AvgIpc) is 2.95. The van der Waals surface area contributed by atoms with E-state index in [-0.39, 0.29) is 11.6 Å².